The van der Waals surface area contributed by atoms with Crippen LogP contribution in [0.2, 0.25) is 0 Å². The maximum atomic E-state index is 10.7. The highest BCUT2D eigenvalue weighted by molar-refractivity contribution is 5.72. The lowest BCUT2D eigenvalue weighted by molar-refractivity contribution is 0.111. The molecule has 0 N–H and O–H groups in total. The van der Waals surface area contributed by atoms with E-state index in [1.165, 1.54) is 19.3 Å². The van der Waals surface area contributed by atoms with E-state index >= 15 is 0 Å². The van der Waals surface area contributed by atoms with E-state index in [1.807, 2.05) is 23.0 Å². The zero-order valence-electron chi connectivity index (χ0n) is 7.65. The number of aldehydes is 1. The fourth-order valence-corrected chi connectivity index (χ4v) is 1.83. The summed E-state index contributed by atoms with van der Waals surface area (Å²) in [5.74, 6) is 0. The van der Waals surface area contributed by atoms with E-state index in [-0.39, 0.29) is 0 Å². The van der Waals surface area contributed by atoms with Gasteiger partial charge in [0.15, 0.2) is 6.29 Å². The molecule has 0 aromatic carbocycles. The predicted molar refractivity (Wildman–Crippen MR) is 51.6 cm³/mol. The zero-order chi connectivity index (χ0) is 9.10. The van der Waals surface area contributed by atoms with Crippen LogP contribution in [0.4, 0.5) is 0 Å². The molecule has 1 aliphatic heterocycles. The number of nitrogens with zero attached hydrogens (tertiary/aromatic N) is 2. The molecule has 3 heteroatoms. The van der Waals surface area contributed by atoms with Crippen LogP contribution in [0, 0.1) is 0 Å². The van der Waals surface area contributed by atoms with Gasteiger partial charge in [-0.1, -0.05) is 0 Å². The van der Waals surface area contributed by atoms with Gasteiger partial charge >= 0.3 is 0 Å². The van der Waals surface area contributed by atoms with Gasteiger partial charge < -0.3 is 5.01 Å². The molecule has 1 aromatic heterocycles. The van der Waals surface area contributed by atoms with Gasteiger partial charge in [-0.3, -0.25) is 9.47 Å². The number of rotatable bonds is 2. The Morgan fingerprint density at radius 1 is 1.23 bits per heavy atom. The molecule has 0 saturated carbocycles. The van der Waals surface area contributed by atoms with Crippen molar-refractivity contribution in [2.45, 2.75) is 19.3 Å². The Morgan fingerprint density at radius 3 is 2.69 bits per heavy atom. The van der Waals surface area contributed by atoms with Crippen LogP contribution >= 0.6 is 0 Å². The lowest BCUT2D eigenvalue weighted by Gasteiger charge is -2.30. The molecule has 0 amide bonds. The third-order valence-corrected chi connectivity index (χ3v) is 2.52. The van der Waals surface area contributed by atoms with Crippen molar-refractivity contribution in [1.82, 2.24) is 4.68 Å². The Morgan fingerprint density at radius 2 is 2.00 bits per heavy atom. The van der Waals surface area contributed by atoms with Crippen LogP contribution in [0.3, 0.4) is 0 Å². The van der Waals surface area contributed by atoms with Gasteiger partial charge in [0.1, 0.15) is 5.69 Å². The highest BCUT2D eigenvalue weighted by Gasteiger charge is 2.11. The van der Waals surface area contributed by atoms with E-state index in [1.54, 1.807) is 0 Å². The molecule has 0 bridgehead atoms. The number of carbonyl (C=O) groups excluding carboxylic acids is 1. The molecule has 1 aromatic rings. The number of hydrogen-bond donors (Lipinski definition) is 0. The summed E-state index contributed by atoms with van der Waals surface area (Å²) in [5, 5.41) is 2.23. The van der Waals surface area contributed by atoms with Crippen molar-refractivity contribution < 1.29 is 4.79 Å². The maximum Gasteiger partial charge on any atom is 0.168 e. The molecule has 0 atom stereocenters. The standard InChI is InChI=1S/C10H14N2O/c13-9-10-5-4-8-12(10)11-6-2-1-3-7-11/h4-5,8-9H,1-3,6-7H2. The summed E-state index contributed by atoms with van der Waals surface area (Å²) >= 11 is 0. The largest absolute Gasteiger partial charge is 0.313 e. The molecule has 2 rings (SSSR count). The van der Waals surface area contributed by atoms with E-state index in [0.717, 1.165) is 25.1 Å². The summed E-state index contributed by atoms with van der Waals surface area (Å²) in [6.07, 6.45) is 6.64. The molecule has 1 aliphatic rings. The van der Waals surface area contributed by atoms with Crippen LogP contribution in [0.1, 0.15) is 29.8 Å². The summed E-state index contributed by atoms with van der Waals surface area (Å²) in [6, 6.07) is 3.76. The van der Waals surface area contributed by atoms with Crippen molar-refractivity contribution in [2.24, 2.45) is 0 Å². The Kier molecular flexibility index (Phi) is 2.34. The van der Waals surface area contributed by atoms with Gasteiger partial charge in [0.25, 0.3) is 0 Å². The normalized spacial score (nSPS) is 17.4. The summed E-state index contributed by atoms with van der Waals surface area (Å²) < 4.78 is 1.96. The quantitative estimate of drug-likeness (QED) is 0.640. The van der Waals surface area contributed by atoms with E-state index in [2.05, 4.69) is 5.01 Å². The fourth-order valence-electron chi connectivity index (χ4n) is 1.83. The van der Waals surface area contributed by atoms with Crippen molar-refractivity contribution >= 4 is 6.29 Å². The molecule has 0 aliphatic carbocycles. The van der Waals surface area contributed by atoms with Crippen molar-refractivity contribution in [2.75, 3.05) is 18.1 Å². The Labute approximate surface area is 77.9 Å². The summed E-state index contributed by atoms with van der Waals surface area (Å²) in [6.45, 7) is 2.13. The average molecular weight is 178 g/mol. The molecule has 2 heterocycles. The van der Waals surface area contributed by atoms with E-state index < -0.39 is 0 Å². The second-order valence-electron chi connectivity index (χ2n) is 3.41. The maximum absolute atomic E-state index is 10.7. The first-order valence-corrected chi connectivity index (χ1v) is 4.79. The van der Waals surface area contributed by atoms with E-state index in [0.29, 0.717) is 0 Å². The molecular formula is C10H14N2O. The summed E-state index contributed by atoms with van der Waals surface area (Å²) in [4.78, 5) is 10.7. The minimum atomic E-state index is 0.752. The summed E-state index contributed by atoms with van der Waals surface area (Å²) in [5.41, 5.74) is 0.752. The Bertz CT molecular complexity index is 287. The molecule has 13 heavy (non-hydrogen) atoms. The van der Waals surface area contributed by atoms with Crippen LogP contribution in [-0.2, 0) is 0 Å². The van der Waals surface area contributed by atoms with Gasteiger partial charge in [-0.2, -0.15) is 0 Å². The van der Waals surface area contributed by atoms with Gasteiger partial charge in [0, 0.05) is 19.3 Å². The first kappa shape index (κ1) is 8.35. The molecule has 70 valence electrons. The van der Waals surface area contributed by atoms with Crippen molar-refractivity contribution in [3.8, 4) is 0 Å². The van der Waals surface area contributed by atoms with E-state index in [9.17, 15) is 4.79 Å². The minimum Gasteiger partial charge on any atom is -0.313 e. The van der Waals surface area contributed by atoms with Crippen LogP contribution in [0.15, 0.2) is 18.3 Å². The molecule has 0 unspecified atom stereocenters. The predicted octanol–water partition coefficient (Wildman–Crippen LogP) is 1.42. The van der Waals surface area contributed by atoms with Gasteiger partial charge in [-0.25, -0.2) is 0 Å². The van der Waals surface area contributed by atoms with Crippen LogP contribution in [0.25, 0.3) is 0 Å². The van der Waals surface area contributed by atoms with Crippen LogP contribution in [0.5, 0.6) is 0 Å². The topological polar surface area (TPSA) is 25.2 Å². The monoisotopic (exact) mass is 178 g/mol. The Balaban J connectivity index is 2.17. The summed E-state index contributed by atoms with van der Waals surface area (Å²) in [7, 11) is 0. The lowest BCUT2D eigenvalue weighted by Crippen LogP contribution is -2.39. The number of aromatic nitrogens is 1. The van der Waals surface area contributed by atoms with Gasteiger partial charge in [0.05, 0.1) is 0 Å². The third kappa shape index (κ3) is 1.59. The zero-order valence-corrected chi connectivity index (χ0v) is 7.65. The first-order valence-electron chi connectivity index (χ1n) is 4.79. The van der Waals surface area contributed by atoms with Gasteiger partial charge in [-0.15, -0.1) is 0 Å². The smallest absolute Gasteiger partial charge is 0.168 e. The average Bonchev–Trinajstić information content (AvgIpc) is 2.67. The van der Waals surface area contributed by atoms with Crippen molar-refractivity contribution in [3.05, 3.63) is 24.0 Å². The molecular weight excluding hydrogens is 164 g/mol. The highest BCUT2D eigenvalue weighted by atomic mass is 16.1. The Hall–Kier alpha value is -1.25. The first-order chi connectivity index (χ1) is 6.42. The van der Waals surface area contributed by atoms with E-state index in [4.69, 9.17) is 0 Å². The molecule has 1 fully saturated rings. The second kappa shape index (κ2) is 3.64. The second-order valence-corrected chi connectivity index (χ2v) is 3.41. The van der Waals surface area contributed by atoms with Gasteiger partial charge in [0.2, 0.25) is 0 Å². The molecule has 3 nitrogen and oxygen atoms in total. The van der Waals surface area contributed by atoms with Gasteiger partial charge in [-0.05, 0) is 31.4 Å². The molecule has 1 saturated heterocycles. The number of hydrogen-bond acceptors (Lipinski definition) is 2. The minimum absolute atomic E-state index is 0.752. The highest BCUT2D eigenvalue weighted by Crippen LogP contribution is 2.10. The molecule has 0 spiro atoms. The SMILES string of the molecule is O=Cc1cccn1N1CCCCC1. The molecule has 0 radical (unpaired) electrons. The van der Waals surface area contributed by atoms with Crippen molar-refractivity contribution in [1.29, 1.82) is 0 Å². The lowest BCUT2D eigenvalue weighted by atomic mass is 10.2. The van der Waals surface area contributed by atoms with Crippen LogP contribution in [-0.4, -0.2) is 24.1 Å². The number of piperidine rings is 1. The fraction of sp³-hybridized carbons (Fsp3) is 0.500. The third-order valence-electron chi connectivity index (χ3n) is 2.52. The van der Waals surface area contributed by atoms with Crippen LogP contribution < -0.4 is 5.01 Å². The van der Waals surface area contributed by atoms with Crippen molar-refractivity contribution in [3.63, 3.8) is 0 Å². The number of carbonyl (C=O) groups is 1.